The number of aromatic nitrogens is 2. The number of anilines is 1. The van der Waals surface area contributed by atoms with Gasteiger partial charge in [0.15, 0.2) is 9.84 Å². The van der Waals surface area contributed by atoms with E-state index in [2.05, 4.69) is 11.9 Å². The molecule has 0 bridgehead atoms. The SMILES string of the molecule is CC1(n2c(N)nc3c(S(C)(=O)=O)cccc32)CC1. The first-order valence-electron chi connectivity index (χ1n) is 5.80. The molecule has 0 atom stereocenters. The Morgan fingerprint density at radius 2 is 2.06 bits per heavy atom. The Morgan fingerprint density at radius 3 is 2.61 bits per heavy atom. The van der Waals surface area contributed by atoms with Gasteiger partial charge >= 0.3 is 0 Å². The van der Waals surface area contributed by atoms with Crippen LogP contribution in [0.4, 0.5) is 5.95 Å². The number of rotatable bonds is 2. The van der Waals surface area contributed by atoms with Crippen molar-refractivity contribution in [3.8, 4) is 0 Å². The van der Waals surface area contributed by atoms with Crippen molar-refractivity contribution >= 4 is 26.8 Å². The molecule has 2 N–H and O–H groups in total. The fourth-order valence-corrected chi connectivity index (χ4v) is 3.19. The van der Waals surface area contributed by atoms with Crippen molar-refractivity contribution in [3.63, 3.8) is 0 Å². The number of hydrogen-bond donors (Lipinski definition) is 1. The fraction of sp³-hybridized carbons (Fsp3) is 0.417. The molecule has 0 saturated heterocycles. The zero-order valence-electron chi connectivity index (χ0n) is 10.3. The van der Waals surface area contributed by atoms with Crippen LogP contribution in [-0.2, 0) is 15.4 Å². The predicted octanol–water partition coefficient (Wildman–Crippen LogP) is 1.53. The van der Waals surface area contributed by atoms with Gasteiger partial charge in [0.25, 0.3) is 0 Å². The van der Waals surface area contributed by atoms with Gasteiger partial charge in [-0.25, -0.2) is 13.4 Å². The van der Waals surface area contributed by atoms with Gasteiger partial charge in [-0.15, -0.1) is 0 Å². The van der Waals surface area contributed by atoms with E-state index in [9.17, 15) is 8.42 Å². The first-order chi connectivity index (χ1) is 8.33. The van der Waals surface area contributed by atoms with Crippen LogP contribution in [0.1, 0.15) is 19.8 Å². The highest BCUT2D eigenvalue weighted by Gasteiger charge is 2.42. The van der Waals surface area contributed by atoms with Crippen molar-refractivity contribution in [2.45, 2.75) is 30.2 Å². The third kappa shape index (κ3) is 1.52. The van der Waals surface area contributed by atoms with Crippen LogP contribution >= 0.6 is 0 Å². The highest BCUT2D eigenvalue weighted by atomic mass is 32.2. The van der Waals surface area contributed by atoms with Crippen molar-refractivity contribution in [1.82, 2.24) is 9.55 Å². The zero-order valence-corrected chi connectivity index (χ0v) is 11.2. The number of nitrogens with zero attached hydrogens (tertiary/aromatic N) is 2. The number of hydrogen-bond acceptors (Lipinski definition) is 4. The molecule has 1 aliphatic rings. The van der Waals surface area contributed by atoms with Crippen molar-refractivity contribution in [3.05, 3.63) is 18.2 Å². The van der Waals surface area contributed by atoms with E-state index in [1.807, 2.05) is 10.6 Å². The van der Waals surface area contributed by atoms with Crippen LogP contribution in [0, 0.1) is 0 Å². The van der Waals surface area contributed by atoms with E-state index in [1.54, 1.807) is 12.1 Å². The highest BCUT2D eigenvalue weighted by Crippen LogP contribution is 2.46. The topological polar surface area (TPSA) is 78.0 Å². The van der Waals surface area contributed by atoms with E-state index in [4.69, 9.17) is 5.73 Å². The maximum atomic E-state index is 11.7. The van der Waals surface area contributed by atoms with Crippen LogP contribution in [0.2, 0.25) is 0 Å². The van der Waals surface area contributed by atoms with Crippen molar-refractivity contribution in [2.75, 3.05) is 12.0 Å². The average Bonchev–Trinajstić information content (AvgIpc) is 2.89. The van der Waals surface area contributed by atoms with Crippen LogP contribution < -0.4 is 5.73 Å². The van der Waals surface area contributed by atoms with E-state index < -0.39 is 9.84 Å². The first kappa shape index (κ1) is 11.5. The maximum Gasteiger partial charge on any atom is 0.201 e. The van der Waals surface area contributed by atoms with E-state index in [-0.39, 0.29) is 10.4 Å². The molecule has 0 aliphatic heterocycles. The van der Waals surface area contributed by atoms with Gasteiger partial charge in [-0.2, -0.15) is 0 Å². The number of nitrogens with two attached hydrogens (primary N) is 1. The van der Waals surface area contributed by atoms with Gasteiger partial charge in [0.2, 0.25) is 5.95 Å². The minimum atomic E-state index is -3.29. The molecule has 2 aromatic rings. The molecule has 0 amide bonds. The Morgan fingerprint density at radius 1 is 1.39 bits per heavy atom. The summed E-state index contributed by atoms with van der Waals surface area (Å²) in [5.74, 6) is 0.390. The summed E-state index contributed by atoms with van der Waals surface area (Å²) in [6.07, 6.45) is 3.29. The van der Waals surface area contributed by atoms with E-state index in [0.717, 1.165) is 18.4 Å². The molecule has 0 unspecified atom stereocenters. The molecule has 5 nitrogen and oxygen atoms in total. The second kappa shape index (κ2) is 3.26. The molecule has 3 rings (SSSR count). The van der Waals surface area contributed by atoms with Crippen LogP contribution in [0.5, 0.6) is 0 Å². The Labute approximate surface area is 106 Å². The molecule has 96 valence electrons. The average molecular weight is 265 g/mol. The Hall–Kier alpha value is -1.56. The van der Waals surface area contributed by atoms with Gasteiger partial charge in [-0.3, -0.25) is 0 Å². The molecular formula is C12H15N3O2S. The van der Waals surface area contributed by atoms with Gasteiger partial charge in [0.05, 0.1) is 10.4 Å². The van der Waals surface area contributed by atoms with Crippen molar-refractivity contribution in [2.24, 2.45) is 0 Å². The molecule has 1 fully saturated rings. The van der Waals surface area contributed by atoms with E-state index in [0.29, 0.717) is 11.5 Å². The summed E-state index contributed by atoms with van der Waals surface area (Å²) >= 11 is 0. The number of fused-ring (bicyclic) bond motifs is 1. The van der Waals surface area contributed by atoms with Gasteiger partial charge in [0, 0.05) is 11.8 Å². The molecule has 1 heterocycles. The third-order valence-corrected chi connectivity index (χ3v) is 4.72. The lowest BCUT2D eigenvalue weighted by Crippen LogP contribution is -2.14. The summed E-state index contributed by atoms with van der Waals surface area (Å²) in [6, 6.07) is 5.18. The van der Waals surface area contributed by atoms with Gasteiger partial charge in [0.1, 0.15) is 5.52 Å². The van der Waals surface area contributed by atoms with Crippen molar-refractivity contribution < 1.29 is 8.42 Å². The second-order valence-corrected chi connectivity index (χ2v) is 7.18. The summed E-state index contributed by atoms with van der Waals surface area (Å²) in [4.78, 5) is 4.49. The maximum absolute atomic E-state index is 11.7. The van der Waals surface area contributed by atoms with Gasteiger partial charge in [-0.1, -0.05) is 6.07 Å². The predicted molar refractivity (Wildman–Crippen MR) is 70.1 cm³/mol. The summed E-state index contributed by atoms with van der Waals surface area (Å²) < 4.78 is 25.4. The summed E-state index contributed by atoms with van der Waals surface area (Å²) in [7, 11) is -3.29. The molecule has 1 aromatic heterocycles. The smallest absolute Gasteiger partial charge is 0.201 e. The van der Waals surface area contributed by atoms with Gasteiger partial charge in [-0.05, 0) is 31.9 Å². The molecule has 1 aromatic carbocycles. The monoisotopic (exact) mass is 265 g/mol. The number of benzene rings is 1. The van der Waals surface area contributed by atoms with Crippen molar-refractivity contribution in [1.29, 1.82) is 0 Å². The third-order valence-electron chi connectivity index (χ3n) is 3.59. The summed E-state index contributed by atoms with van der Waals surface area (Å²) in [5, 5.41) is 0. The Bertz CT molecular complexity index is 742. The van der Waals surface area contributed by atoms with Crippen LogP contribution in [0.25, 0.3) is 11.0 Å². The van der Waals surface area contributed by atoms with Crippen LogP contribution in [0.3, 0.4) is 0 Å². The quantitative estimate of drug-likeness (QED) is 0.893. The molecular weight excluding hydrogens is 250 g/mol. The lowest BCUT2D eigenvalue weighted by atomic mass is 10.2. The number of para-hydroxylation sites is 1. The zero-order chi connectivity index (χ0) is 13.1. The Balaban J connectivity index is 2.40. The molecule has 1 aliphatic carbocycles. The lowest BCUT2D eigenvalue weighted by Gasteiger charge is -2.13. The minimum Gasteiger partial charge on any atom is -0.369 e. The van der Waals surface area contributed by atoms with Gasteiger partial charge < -0.3 is 10.3 Å². The molecule has 0 radical (unpaired) electrons. The molecule has 1 saturated carbocycles. The molecule has 6 heteroatoms. The largest absolute Gasteiger partial charge is 0.369 e. The van der Waals surface area contributed by atoms with Crippen LogP contribution in [-0.4, -0.2) is 24.2 Å². The highest BCUT2D eigenvalue weighted by molar-refractivity contribution is 7.91. The standard InChI is InChI=1S/C12H15N3O2S/c1-12(6-7-12)15-8-4-3-5-9(18(2,16)17)10(8)14-11(15)13/h3-5H,6-7H2,1-2H3,(H2,13,14). The summed E-state index contributed by atoms with van der Waals surface area (Å²) in [5.41, 5.74) is 7.22. The number of imidazole rings is 1. The fourth-order valence-electron chi connectivity index (χ4n) is 2.36. The van der Waals surface area contributed by atoms with E-state index >= 15 is 0 Å². The normalized spacial score (nSPS) is 18.1. The molecule has 0 spiro atoms. The number of sulfone groups is 1. The van der Waals surface area contributed by atoms with E-state index in [1.165, 1.54) is 6.26 Å². The Kier molecular flexibility index (Phi) is 2.09. The number of nitrogen functional groups attached to an aromatic ring is 1. The summed E-state index contributed by atoms with van der Waals surface area (Å²) in [6.45, 7) is 2.11. The lowest BCUT2D eigenvalue weighted by molar-refractivity contribution is 0.556. The van der Waals surface area contributed by atoms with Crippen LogP contribution in [0.15, 0.2) is 23.1 Å². The minimum absolute atomic E-state index is 0.00500. The second-order valence-electron chi connectivity index (χ2n) is 5.20. The molecule has 18 heavy (non-hydrogen) atoms. The first-order valence-corrected chi connectivity index (χ1v) is 7.69.